The number of esters is 1. The second kappa shape index (κ2) is 7.97. The summed E-state index contributed by atoms with van der Waals surface area (Å²) in [5.41, 5.74) is 2.89. The number of H-pyrrole nitrogens is 1. The predicted molar refractivity (Wildman–Crippen MR) is 101 cm³/mol. The summed E-state index contributed by atoms with van der Waals surface area (Å²) in [6.07, 6.45) is 2.47. The Morgan fingerprint density at radius 2 is 2.04 bits per heavy atom. The molecule has 0 saturated carbocycles. The number of aryl methyl sites for hydroxylation is 1. The topological polar surface area (TPSA) is 75.3 Å². The zero-order valence-electron chi connectivity index (χ0n) is 14.6. The van der Waals surface area contributed by atoms with Gasteiger partial charge in [0.05, 0.1) is 11.4 Å². The highest BCUT2D eigenvalue weighted by Crippen LogP contribution is 2.31. The van der Waals surface area contributed by atoms with Crippen molar-refractivity contribution in [3.8, 4) is 0 Å². The molecular weight excluding hydrogens is 350 g/mol. The first kappa shape index (κ1) is 17.9. The van der Waals surface area contributed by atoms with Gasteiger partial charge in [0.2, 0.25) is 5.91 Å². The fraction of sp³-hybridized carbons (Fsp3) is 0.211. The number of para-hydroxylation sites is 1. The van der Waals surface area contributed by atoms with Crippen molar-refractivity contribution in [1.82, 2.24) is 9.97 Å². The molecule has 0 aliphatic heterocycles. The van der Waals surface area contributed by atoms with Gasteiger partial charge in [0, 0.05) is 18.5 Å². The van der Waals surface area contributed by atoms with Gasteiger partial charge in [0.15, 0.2) is 5.13 Å². The quantitative estimate of drug-likeness (QED) is 0.665. The number of amides is 1. The molecule has 1 N–H and O–H groups in total. The van der Waals surface area contributed by atoms with E-state index in [2.05, 4.69) is 9.97 Å². The van der Waals surface area contributed by atoms with Crippen LogP contribution in [-0.4, -0.2) is 21.8 Å². The van der Waals surface area contributed by atoms with Crippen LogP contribution in [0.25, 0.3) is 0 Å². The fourth-order valence-electron chi connectivity index (χ4n) is 2.58. The minimum absolute atomic E-state index is 0.0511. The molecule has 26 heavy (non-hydrogen) atoms. The Morgan fingerprint density at radius 3 is 2.73 bits per heavy atom. The Labute approximate surface area is 155 Å². The average Bonchev–Trinajstić information content (AvgIpc) is 3.32. The van der Waals surface area contributed by atoms with Crippen LogP contribution < -0.4 is 4.90 Å². The van der Waals surface area contributed by atoms with Crippen LogP contribution in [0.5, 0.6) is 0 Å². The number of nitrogens with zero attached hydrogens (tertiary/aromatic N) is 2. The van der Waals surface area contributed by atoms with E-state index in [4.69, 9.17) is 4.74 Å². The van der Waals surface area contributed by atoms with Crippen LogP contribution in [0, 0.1) is 0 Å². The van der Waals surface area contributed by atoms with Crippen molar-refractivity contribution in [3.63, 3.8) is 0 Å². The molecule has 6 nitrogen and oxygen atoms in total. The lowest BCUT2D eigenvalue weighted by atomic mass is 10.1. The van der Waals surface area contributed by atoms with Gasteiger partial charge < -0.3 is 9.72 Å². The molecule has 2 aromatic heterocycles. The zero-order valence-corrected chi connectivity index (χ0v) is 15.4. The summed E-state index contributed by atoms with van der Waals surface area (Å²) in [6, 6.07) is 11.1. The maximum Gasteiger partial charge on any atom is 0.355 e. The minimum atomic E-state index is -0.440. The average molecular weight is 369 g/mol. The fourth-order valence-corrected chi connectivity index (χ4v) is 3.44. The first-order chi connectivity index (χ1) is 12.6. The van der Waals surface area contributed by atoms with Gasteiger partial charge in [-0.05, 0) is 30.2 Å². The standard InChI is InChI=1S/C19H19N3O3S/c1-3-14-7-4-5-9-17(14)22(13(2)23)19-21-15(12-26-19)11-25-18(24)16-8-6-10-20-16/h4-10,12,20H,3,11H2,1-2H3. The lowest BCUT2D eigenvalue weighted by Gasteiger charge is -2.20. The largest absolute Gasteiger partial charge is 0.454 e. The van der Waals surface area contributed by atoms with E-state index in [9.17, 15) is 9.59 Å². The van der Waals surface area contributed by atoms with Crippen LogP contribution in [0.2, 0.25) is 0 Å². The van der Waals surface area contributed by atoms with E-state index in [1.54, 1.807) is 28.6 Å². The molecule has 0 spiro atoms. The van der Waals surface area contributed by atoms with Gasteiger partial charge in [-0.15, -0.1) is 11.3 Å². The number of ether oxygens (including phenoxy) is 1. The number of rotatable bonds is 6. The lowest BCUT2D eigenvalue weighted by molar-refractivity contribution is -0.115. The molecule has 0 aliphatic rings. The molecule has 0 radical (unpaired) electrons. The summed E-state index contributed by atoms with van der Waals surface area (Å²) in [4.78, 5) is 33.0. The van der Waals surface area contributed by atoms with Crippen molar-refractivity contribution in [1.29, 1.82) is 0 Å². The number of hydrogen-bond acceptors (Lipinski definition) is 5. The third-order valence-electron chi connectivity index (χ3n) is 3.83. The molecule has 3 aromatic rings. The first-order valence-electron chi connectivity index (χ1n) is 8.23. The number of nitrogens with one attached hydrogen (secondary N) is 1. The van der Waals surface area contributed by atoms with Gasteiger partial charge in [-0.25, -0.2) is 9.78 Å². The van der Waals surface area contributed by atoms with Crippen LogP contribution in [0.1, 0.15) is 35.6 Å². The minimum Gasteiger partial charge on any atom is -0.454 e. The highest BCUT2D eigenvalue weighted by Gasteiger charge is 2.20. The van der Waals surface area contributed by atoms with Crippen molar-refractivity contribution in [2.45, 2.75) is 26.9 Å². The Hall–Kier alpha value is -2.93. The molecular formula is C19H19N3O3S. The Balaban J connectivity index is 1.78. The van der Waals surface area contributed by atoms with Gasteiger partial charge in [-0.2, -0.15) is 0 Å². The number of benzene rings is 1. The maximum atomic E-state index is 12.2. The van der Waals surface area contributed by atoms with Crippen LogP contribution in [0.15, 0.2) is 48.0 Å². The SMILES string of the molecule is CCc1ccccc1N(C(C)=O)c1nc(COC(=O)c2ccc[nH]2)cs1. The van der Waals surface area contributed by atoms with Crippen LogP contribution >= 0.6 is 11.3 Å². The maximum absolute atomic E-state index is 12.2. The summed E-state index contributed by atoms with van der Waals surface area (Å²) in [5, 5.41) is 2.35. The molecule has 0 aliphatic carbocycles. The van der Waals surface area contributed by atoms with Crippen molar-refractivity contribution in [2.24, 2.45) is 0 Å². The third-order valence-corrected chi connectivity index (χ3v) is 4.70. The monoisotopic (exact) mass is 369 g/mol. The molecule has 0 bridgehead atoms. The Morgan fingerprint density at radius 1 is 1.23 bits per heavy atom. The first-order valence-corrected chi connectivity index (χ1v) is 9.11. The Kier molecular flexibility index (Phi) is 5.48. The number of aromatic nitrogens is 2. The molecule has 0 fully saturated rings. The van der Waals surface area contributed by atoms with E-state index in [0.717, 1.165) is 17.7 Å². The van der Waals surface area contributed by atoms with Crippen molar-refractivity contribution < 1.29 is 14.3 Å². The second-order valence-electron chi connectivity index (χ2n) is 5.62. The number of carbonyl (C=O) groups is 2. The van der Waals surface area contributed by atoms with Gasteiger partial charge >= 0.3 is 5.97 Å². The van der Waals surface area contributed by atoms with Crippen molar-refractivity contribution >= 4 is 34.0 Å². The van der Waals surface area contributed by atoms with Crippen LogP contribution in [0.3, 0.4) is 0 Å². The number of anilines is 2. The zero-order chi connectivity index (χ0) is 18.5. The highest BCUT2D eigenvalue weighted by molar-refractivity contribution is 7.14. The van der Waals surface area contributed by atoms with Gasteiger partial charge in [0.1, 0.15) is 12.3 Å². The molecule has 0 atom stereocenters. The molecule has 7 heteroatoms. The molecule has 1 aromatic carbocycles. The lowest BCUT2D eigenvalue weighted by Crippen LogP contribution is -2.23. The number of hydrogen-bond donors (Lipinski definition) is 1. The second-order valence-corrected chi connectivity index (χ2v) is 6.45. The summed E-state index contributed by atoms with van der Waals surface area (Å²) in [7, 11) is 0. The molecule has 1 amide bonds. The number of aromatic amines is 1. The predicted octanol–water partition coefficient (Wildman–Crippen LogP) is 4.08. The van der Waals surface area contributed by atoms with Gasteiger partial charge in [-0.1, -0.05) is 25.1 Å². The summed E-state index contributed by atoms with van der Waals surface area (Å²) >= 11 is 1.34. The molecule has 134 valence electrons. The van der Waals surface area contributed by atoms with E-state index in [0.29, 0.717) is 16.5 Å². The normalized spacial score (nSPS) is 10.5. The van der Waals surface area contributed by atoms with Crippen LogP contribution in [0.4, 0.5) is 10.8 Å². The van der Waals surface area contributed by atoms with Gasteiger partial charge in [0.25, 0.3) is 0 Å². The molecule has 0 saturated heterocycles. The molecule has 3 rings (SSSR count). The summed E-state index contributed by atoms with van der Waals surface area (Å²) in [5.74, 6) is -0.556. The van der Waals surface area contributed by atoms with E-state index in [-0.39, 0.29) is 12.5 Å². The van der Waals surface area contributed by atoms with E-state index >= 15 is 0 Å². The number of carbonyl (C=O) groups excluding carboxylic acids is 2. The molecule has 2 heterocycles. The highest BCUT2D eigenvalue weighted by atomic mass is 32.1. The van der Waals surface area contributed by atoms with Crippen molar-refractivity contribution in [2.75, 3.05) is 4.90 Å². The van der Waals surface area contributed by atoms with Gasteiger partial charge in [-0.3, -0.25) is 9.69 Å². The van der Waals surface area contributed by atoms with Crippen LogP contribution in [-0.2, 0) is 22.6 Å². The summed E-state index contributed by atoms with van der Waals surface area (Å²) < 4.78 is 5.25. The van der Waals surface area contributed by atoms with E-state index in [1.165, 1.54) is 18.3 Å². The van der Waals surface area contributed by atoms with E-state index < -0.39 is 5.97 Å². The smallest absolute Gasteiger partial charge is 0.355 e. The third kappa shape index (κ3) is 3.83. The van der Waals surface area contributed by atoms with Crippen molar-refractivity contribution in [3.05, 3.63) is 64.9 Å². The Bertz CT molecular complexity index is 902. The molecule has 0 unspecified atom stereocenters. The summed E-state index contributed by atoms with van der Waals surface area (Å²) in [6.45, 7) is 3.61. The number of thiazole rings is 1. The van der Waals surface area contributed by atoms with E-state index in [1.807, 2.05) is 31.2 Å².